The summed E-state index contributed by atoms with van der Waals surface area (Å²) in [6.07, 6.45) is 0. The standard InChI is InChI=1S/C12H12ClN3OS2/c1-8(17)14-10-4-2-9(3-5-10)11-15-16-12(19-11)18-7-6-13/h2-5H,6-7H2,1H3,(H,14,17). The number of carbonyl (C=O) groups is 1. The summed E-state index contributed by atoms with van der Waals surface area (Å²) >= 11 is 8.78. The van der Waals surface area contributed by atoms with E-state index in [1.165, 1.54) is 6.92 Å². The Hall–Kier alpha value is -1.11. The van der Waals surface area contributed by atoms with Crippen molar-refractivity contribution in [3.05, 3.63) is 24.3 Å². The molecule has 0 unspecified atom stereocenters. The average Bonchev–Trinajstić information content (AvgIpc) is 2.85. The maximum Gasteiger partial charge on any atom is 0.221 e. The number of aromatic nitrogens is 2. The van der Waals surface area contributed by atoms with Gasteiger partial charge in [0.25, 0.3) is 0 Å². The Morgan fingerprint density at radius 3 is 2.74 bits per heavy atom. The normalized spacial score (nSPS) is 10.4. The number of amides is 1. The lowest BCUT2D eigenvalue weighted by molar-refractivity contribution is -0.114. The first-order chi connectivity index (χ1) is 9.19. The van der Waals surface area contributed by atoms with Crippen LogP contribution < -0.4 is 5.32 Å². The number of halogens is 1. The van der Waals surface area contributed by atoms with E-state index in [1.807, 2.05) is 24.3 Å². The van der Waals surface area contributed by atoms with E-state index in [0.29, 0.717) is 5.88 Å². The van der Waals surface area contributed by atoms with E-state index in [0.717, 1.165) is 26.4 Å². The molecule has 1 amide bonds. The van der Waals surface area contributed by atoms with Crippen LogP contribution in [-0.2, 0) is 4.79 Å². The molecule has 0 saturated heterocycles. The molecule has 2 aromatic rings. The Kier molecular flexibility index (Phi) is 5.18. The molecule has 0 atom stereocenters. The van der Waals surface area contributed by atoms with Crippen LogP contribution >= 0.6 is 34.7 Å². The van der Waals surface area contributed by atoms with Gasteiger partial charge in [-0.15, -0.1) is 21.8 Å². The number of alkyl halides is 1. The third-order valence-corrected chi connectivity index (χ3v) is 4.68. The zero-order valence-electron chi connectivity index (χ0n) is 10.2. The lowest BCUT2D eigenvalue weighted by Gasteiger charge is -2.01. The van der Waals surface area contributed by atoms with Crippen molar-refractivity contribution in [2.75, 3.05) is 16.9 Å². The van der Waals surface area contributed by atoms with Gasteiger partial charge in [-0.25, -0.2) is 0 Å². The van der Waals surface area contributed by atoms with Gasteiger partial charge in [-0.2, -0.15) is 0 Å². The van der Waals surface area contributed by atoms with Gasteiger partial charge in [0.05, 0.1) is 0 Å². The van der Waals surface area contributed by atoms with Gasteiger partial charge >= 0.3 is 0 Å². The van der Waals surface area contributed by atoms with Gasteiger partial charge < -0.3 is 5.32 Å². The molecule has 4 nitrogen and oxygen atoms in total. The Morgan fingerprint density at radius 1 is 1.37 bits per heavy atom. The van der Waals surface area contributed by atoms with Crippen molar-refractivity contribution in [3.63, 3.8) is 0 Å². The van der Waals surface area contributed by atoms with Crippen molar-refractivity contribution in [1.82, 2.24) is 10.2 Å². The second-order valence-electron chi connectivity index (χ2n) is 3.67. The summed E-state index contributed by atoms with van der Waals surface area (Å²) < 4.78 is 0.918. The smallest absolute Gasteiger partial charge is 0.221 e. The van der Waals surface area contributed by atoms with Crippen LogP contribution in [0.1, 0.15) is 6.92 Å². The molecule has 0 spiro atoms. The fraction of sp³-hybridized carbons (Fsp3) is 0.250. The van der Waals surface area contributed by atoms with Crippen LogP contribution in [-0.4, -0.2) is 27.7 Å². The number of anilines is 1. The van der Waals surface area contributed by atoms with Crippen LogP contribution in [0.2, 0.25) is 0 Å². The maximum absolute atomic E-state index is 10.9. The van der Waals surface area contributed by atoms with Crippen molar-refractivity contribution in [2.24, 2.45) is 0 Å². The molecule has 0 aliphatic rings. The van der Waals surface area contributed by atoms with Crippen LogP contribution in [0.5, 0.6) is 0 Å². The topological polar surface area (TPSA) is 54.9 Å². The van der Waals surface area contributed by atoms with Crippen LogP contribution in [0.3, 0.4) is 0 Å². The molecule has 7 heteroatoms. The zero-order valence-corrected chi connectivity index (χ0v) is 12.6. The molecule has 0 saturated carbocycles. The van der Waals surface area contributed by atoms with Crippen LogP contribution in [0.15, 0.2) is 28.6 Å². The molecule has 0 fully saturated rings. The number of hydrogen-bond acceptors (Lipinski definition) is 5. The number of hydrogen-bond donors (Lipinski definition) is 1. The van der Waals surface area contributed by atoms with E-state index in [1.54, 1.807) is 23.1 Å². The van der Waals surface area contributed by atoms with Crippen molar-refractivity contribution in [2.45, 2.75) is 11.3 Å². The van der Waals surface area contributed by atoms with Gasteiger partial charge in [0.2, 0.25) is 5.91 Å². The summed E-state index contributed by atoms with van der Waals surface area (Å²) in [5, 5.41) is 11.8. The number of carbonyl (C=O) groups excluding carboxylic acids is 1. The maximum atomic E-state index is 10.9. The minimum atomic E-state index is -0.0802. The molecular weight excluding hydrogens is 302 g/mol. The van der Waals surface area contributed by atoms with Crippen molar-refractivity contribution < 1.29 is 4.79 Å². The third kappa shape index (κ3) is 4.19. The molecule has 0 bridgehead atoms. The van der Waals surface area contributed by atoms with Gasteiger partial charge in [-0.3, -0.25) is 4.79 Å². The Balaban J connectivity index is 2.09. The fourth-order valence-electron chi connectivity index (χ4n) is 1.41. The Labute approximate surface area is 124 Å². The predicted molar refractivity (Wildman–Crippen MR) is 81.1 cm³/mol. The summed E-state index contributed by atoms with van der Waals surface area (Å²) in [5.74, 6) is 1.35. The summed E-state index contributed by atoms with van der Waals surface area (Å²) in [7, 11) is 0. The molecule has 1 aromatic heterocycles. The lowest BCUT2D eigenvalue weighted by atomic mass is 10.2. The number of nitrogens with zero attached hydrogens (tertiary/aromatic N) is 2. The second-order valence-corrected chi connectivity index (χ2v) is 6.37. The van der Waals surface area contributed by atoms with Crippen molar-refractivity contribution >= 4 is 46.3 Å². The SMILES string of the molecule is CC(=O)Nc1ccc(-c2nnc(SCCCl)s2)cc1. The highest BCUT2D eigenvalue weighted by atomic mass is 35.5. The number of thioether (sulfide) groups is 1. The highest BCUT2D eigenvalue weighted by molar-refractivity contribution is 8.01. The van der Waals surface area contributed by atoms with E-state index in [4.69, 9.17) is 11.6 Å². The van der Waals surface area contributed by atoms with Gasteiger partial charge in [-0.1, -0.05) is 23.1 Å². The van der Waals surface area contributed by atoms with E-state index in [-0.39, 0.29) is 5.91 Å². The first-order valence-electron chi connectivity index (χ1n) is 5.59. The van der Waals surface area contributed by atoms with E-state index < -0.39 is 0 Å². The van der Waals surface area contributed by atoms with Crippen LogP contribution in [0.25, 0.3) is 10.6 Å². The second kappa shape index (κ2) is 6.88. The summed E-state index contributed by atoms with van der Waals surface area (Å²) in [6.45, 7) is 1.49. The lowest BCUT2D eigenvalue weighted by Crippen LogP contribution is -2.05. The van der Waals surface area contributed by atoms with Gasteiger partial charge in [0.15, 0.2) is 4.34 Å². The Bertz CT molecular complexity index is 556. The minimum absolute atomic E-state index is 0.0802. The van der Waals surface area contributed by atoms with Crippen LogP contribution in [0, 0.1) is 0 Å². The van der Waals surface area contributed by atoms with E-state index in [2.05, 4.69) is 15.5 Å². The Morgan fingerprint density at radius 2 is 2.11 bits per heavy atom. The van der Waals surface area contributed by atoms with Crippen molar-refractivity contribution in [1.29, 1.82) is 0 Å². The molecule has 1 heterocycles. The molecule has 0 radical (unpaired) electrons. The quantitative estimate of drug-likeness (QED) is 0.678. The van der Waals surface area contributed by atoms with Gasteiger partial charge in [0.1, 0.15) is 5.01 Å². The molecule has 19 heavy (non-hydrogen) atoms. The van der Waals surface area contributed by atoms with E-state index in [9.17, 15) is 4.79 Å². The van der Waals surface area contributed by atoms with Gasteiger partial charge in [0, 0.05) is 29.8 Å². The average molecular weight is 314 g/mol. The molecule has 1 aromatic carbocycles. The predicted octanol–water partition coefficient (Wildman–Crippen LogP) is 3.49. The molecule has 0 aliphatic carbocycles. The monoisotopic (exact) mass is 313 g/mol. The largest absolute Gasteiger partial charge is 0.326 e. The first kappa shape index (κ1) is 14.3. The van der Waals surface area contributed by atoms with Gasteiger partial charge in [-0.05, 0) is 24.3 Å². The number of rotatable bonds is 5. The van der Waals surface area contributed by atoms with Crippen LogP contribution in [0.4, 0.5) is 5.69 Å². The fourth-order valence-corrected chi connectivity index (χ4v) is 3.30. The summed E-state index contributed by atoms with van der Waals surface area (Å²) in [4.78, 5) is 10.9. The number of benzene rings is 1. The highest BCUT2D eigenvalue weighted by Crippen LogP contribution is 2.29. The van der Waals surface area contributed by atoms with E-state index >= 15 is 0 Å². The summed E-state index contributed by atoms with van der Waals surface area (Å²) in [5.41, 5.74) is 1.77. The zero-order chi connectivity index (χ0) is 13.7. The minimum Gasteiger partial charge on any atom is -0.326 e. The molecule has 1 N–H and O–H groups in total. The molecule has 2 rings (SSSR count). The summed E-state index contributed by atoms with van der Waals surface area (Å²) in [6, 6.07) is 7.54. The van der Waals surface area contributed by atoms with Crippen molar-refractivity contribution in [3.8, 4) is 10.6 Å². The highest BCUT2D eigenvalue weighted by Gasteiger charge is 2.07. The third-order valence-electron chi connectivity index (χ3n) is 2.16. The molecular formula is C12H12ClN3OS2. The first-order valence-corrected chi connectivity index (χ1v) is 7.93. The molecule has 100 valence electrons. The number of nitrogens with one attached hydrogen (secondary N) is 1. The molecule has 0 aliphatic heterocycles.